The standard InChI is InChI=1S/C25H46NS2.ClH/c1-2-3-4-5-6-7-8-9-10-11-12-13-14-15-16-20-23-26(27,28)24-25-21-18-17-19-22-25;/h17-19,21-22,27-28H,2-16,20,23-24H2,1H3;1H/q+1;/p-1. The summed E-state index contributed by atoms with van der Waals surface area (Å²) in [5.74, 6) is 0. The van der Waals surface area contributed by atoms with E-state index in [0.29, 0.717) is 3.29 Å². The van der Waals surface area contributed by atoms with Crippen molar-refractivity contribution in [3.63, 3.8) is 0 Å². The first-order valence-corrected chi connectivity index (χ1v) is 12.8. The monoisotopic (exact) mass is 459 g/mol. The zero-order valence-corrected chi connectivity index (χ0v) is 21.4. The fourth-order valence-corrected chi connectivity index (χ4v) is 4.48. The summed E-state index contributed by atoms with van der Waals surface area (Å²) in [6, 6.07) is 10.6. The van der Waals surface area contributed by atoms with Crippen molar-refractivity contribution < 1.29 is 15.7 Å². The lowest BCUT2D eigenvalue weighted by atomic mass is 10.0. The zero-order valence-electron chi connectivity index (χ0n) is 18.8. The van der Waals surface area contributed by atoms with Crippen LogP contribution in [0.4, 0.5) is 0 Å². The molecule has 1 rings (SSSR count). The highest BCUT2D eigenvalue weighted by atomic mass is 35.5. The lowest BCUT2D eigenvalue weighted by Gasteiger charge is -2.24. The predicted molar refractivity (Wildman–Crippen MR) is 133 cm³/mol. The fourth-order valence-electron chi connectivity index (χ4n) is 3.87. The van der Waals surface area contributed by atoms with Gasteiger partial charge in [0, 0.05) is 5.56 Å². The summed E-state index contributed by atoms with van der Waals surface area (Å²) < 4.78 is 0.503. The number of hydrogen-bond donors (Lipinski definition) is 2. The Hall–Kier alpha value is 0.170. The lowest BCUT2D eigenvalue weighted by molar-refractivity contribution is -0.656. The van der Waals surface area contributed by atoms with E-state index in [0.717, 1.165) is 13.1 Å². The molecular formula is C25H46ClNS2. The van der Waals surface area contributed by atoms with Crippen molar-refractivity contribution in [2.24, 2.45) is 0 Å². The lowest BCUT2D eigenvalue weighted by Crippen LogP contribution is -3.00. The van der Waals surface area contributed by atoms with Crippen LogP contribution in [0.5, 0.6) is 0 Å². The molecular weight excluding hydrogens is 414 g/mol. The third-order valence-electron chi connectivity index (χ3n) is 5.65. The molecule has 0 saturated carbocycles. The maximum Gasteiger partial charge on any atom is 0.125 e. The molecule has 0 unspecified atom stereocenters. The molecule has 0 N–H and O–H groups in total. The summed E-state index contributed by atoms with van der Waals surface area (Å²) in [6.07, 6.45) is 22.6. The van der Waals surface area contributed by atoms with E-state index in [-0.39, 0.29) is 12.4 Å². The minimum Gasteiger partial charge on any atom is -1.00 e. The van der Waals surface area contributed by atoms with Gasteiger partial charge < -0.3 is 12.4 Å². The Bertz CT molecular complexity index is 453. The van der Waals surface area contributed by atoms with Crippen LogP contribution in [0.25, 0.3) is 0 Å². The van der Waals surface area contributed by atoms with Crippen LogP contribution in [0, 0.1) is 0 Å². The number of quaternary nitrogens is 1. The van der Waals surface area contributed by atoms with Gasteiger partial charge in [-0.25, -0.2) is 3.29 Å². The topological polar surface area (TPSA) is 0 Å². The summed E-state index contributed by atoms with van der Waals surface area (Å²) >= 11 is 9.45. The largest absolute Gasteiger partial charge is 1.00 e. The molecule has 0 aliphatic heterocycles. The zero-order chi connectivity index (χ0) is 20.3. The third-order valence-corrected chi connectivity index (χ3v) is 6.33. The molecule has 0 fully saturated rings. The van der Waals surface area contributed by atoms with Gasteiger partial charge in [0.1, 0.15) is 13.1 Å². The Morgan fingerprint density at radius 2 is 0.966 bits per heavy atom. The van der Waals surface area contributed by atoms with E-state index in [1.54, 1.807) is 0 Å². The van der Waals surface area contributed by atoms with Gasteiger partial charge >= 0.3 is 0 Å². The highest BCUT2D eigenvalue weighted by Gasteiger charge is 2.19. The number of thiol groups is 2. The predicted octanol–water partition coefficient (Wildman–Crippen LogP) is 5.96. The second kappa shape index (κ2) is 20.1. The van der Waals surface area contributed by atoms with Gasteiger partial charge in [-0.1, -0.05) is 127 Å². The average Bonchev–Trinajstić information content (AvgIpc) is 2.68. The van der Waals surface area contributed by atoms with Crippen molar-refractivity contribution in [3.8, 4) is 0 Å². The molecule has 0 aliphatic carbocycles. The molecule has 0 spiro atoms. The second-order valence-electron chi connectivity index (χ2n) is 8.55. The van der Waals surface area contributed by atoms with Gasteiger partial charge in [0.15, 0.2) is 0 Å². The maximum atomic E-state index is 4.73. The molecule has 170 valence electrons. The molecule has 0 atom stereocenters. The Morgan fingerprint density at radius 1 is 0.586 bits per heavy atom. The van der Waals surface area contributed by atoms with Gasteiger partial charge in [-0.15, -0.1) is 0 Å². The number of halogens is 1. The van der Waals surface area contributed by atoms with Gasteiger partial charge in [-0.3, -0.25) is 0 Å². The number of unbranched alkanes of at least 4 members (excludes halogenated alkanes) is 15. The summed E-state index contributed by atoms with van der Waals surface area (Å²) in [6.45, 7) is 4.20. The first kappa shape index (κ1) is 29.2. The van der Waals surface area contributed by atoms with Gasteiger partial charge in [-0.05, 0) is 12.8 Å². The van der Waals surface area contributed by atoms with E-state index < -0.39 is 0 Å². The number of nitrogens with zero attached hydrogens (tertiary/aromatic N) is 1. The second-order valence-corrected chi connectivity index (χ2v) is 10.4. The molecule has 1 aromatic carbocycles. The van der Waals surface area contributed by atoms with Crippen LogP contribution in [0.15, 0.2) is 30.3 Å². The van der Waals surface area contributed by atoms with Gasteiger partial charge in [0.25, 0.3) is 0 Å². The van der Waals surface area contributed by atoms with E-state index in [1.807, 2.05) is 0 Å². The van der Waals surface area contributed by atoms with Crippen molar-refractivity contribution in [2.45, 2.75) is 116 Å². The smallest absolute Gasteiger partial charge is 0.125 e. The van der Waals surface area contributed by atoms with Gasteiger partial charge in [0.05, 0.1) is 25.6 Å². The maximum absolute atomic E-state index is 4.73. The van der Waals surface area contributed by atoms with Crippen molar-refractivity contribution >= 4 is 25.6 Å². The molecule has 4 heteroatoms. The Labute approximate surface area is 199 Å². The molecule has 1 aromatic rings. The van der Waals surface area contributed by atoms with Crippen LogP contribution in [0.3, 0.4) is 0 Å². The van der Waals surface area contributed by atoms with Crippen molar-refractivity contribution in [2.75, 3.05) is 6.54 Å². The van der Waals surface area contributed by atoms with E-state index in [1.165, 1.54) is 108 Å². The molecule has 0 heterocycles. The van der Waals surface area contributed by atoms with Crippen LogP contribution in [0.1, 0.15) is 115 Å². The van der Waals surface area contributed by atoms with Crippen LogP contribution >= 0.6 is 25.6 Å². The van der Waals surface area contributed by atoms with E-state index in [9.17, 15) is 0 Å². The minimum atomic E-state index is 0. The quantitative estimate of drug-likeness (QED) is 0.142. The van der Waals surface area contributed by atoms with Crippen LogP contribution < -0.4 is 12.4 Å². The number of hydrogen-bond acceptors (Lipinski definition) is 2. The number of benzene rings is 1. The molecule has 0 bridgehead atoms. The highest BCUT2D eigenvalue weighted by Crippen LogP contribution is 2.23. The van der Waals surface area contributed by atoms with Crippen LogP contribution in [-0.2, 0) is 6.54 Å². The van der Waals surface area contributed by atoms with Gasteiger partial charge in [0.2, 0.25) is 0 Å². The number of rotatable bonds is 19. The molecule has 0 radical (unpaired) electrons. The first-order chi connectivity index (χ1) is 13.6. The normalized spacial score (nSPS) is 11.4. The van der Waals surface area contributed by atoms with Gasteiger partial charge in [-0.2, -0.15) is 0 Å². The molecule has 0 saturated heterocycles. The third kappa shape index (κ3) is 18.6. The summed E-state index contributed by atoms with van der Waals surface area (Å²) in [5.41, 5.74) is 1.31. The van der Waals surface area contributed by atoms with Crippen LogP contribution in [-0.4, -0.2) is 9.84 Å². The Kier molecular flexibility index (Phi) is 20.2. The van der Waals surface area contributed by atoms with Crippen LogP contribution in [0.2, 0.25) is 0 Å². The summed E-state index contributed by atoms with van der Waals surface area (Å²) in [5, 5.41) is 0. The highest BCUT2D eigenvalue weighted by molar-refractivity contribution is 7.87. The molecule has 0 aromatic heterocycles. The molecule has 1 nitrogen and oxygen atoms in total. The minimum absolute atomic E-state index is 0. The van der Waals surface area contributed by atoms with E-state index in [4.69, 9.17) is 25.6 Å². The molecule has 29 heavy (non-hydrogen) atoms. The van der Waals surface area contributed by atoms with Crippen molar-refractivity contribution in [1.29, 1.82) is 0 Å². The van der Waals surface area contributed by atoms with E-state index in [2.05, 4.69) is 37.3 Å². The fraction of sp³-hybridized carbons (Fsp3) is 0.760. The van der Waals surface area contributed by atoms with Crippen molar-refractivity contribution in [3.05, 3.63) is 35.9 Å². The Morgan fingerprint density at radius 3 is 1.38 bits per heavy atom. The van der Waals surface area contributed by atoms with Crippen molar-refractivity contribution in [1.82, 2.24) is 0 Å². The molecule has 0 amide bonds. The first-order valence-electron chi connectivity index (χ1n) is 12.0. The summed E-state index contributed by atoms with van der Waals surface area (Å²) in [7, 11) is 0. The average molecular weight is 460 g/mol. The van der Waals surface area contributed by atoms with E-state index >= 15 is 0 Å². The molecule has 0 aliphatic rings. The SMILES string of the molecule is CCCCCCCCCCCCCCCCCC[N+](S)(S)Cc1ccccc1.[Cl-]. The Balaban J connectivity index is 0.00000784. The summed E-state index contributed by atoms with van der Waals surface area (Å²) in [4.78, 5) is 0.